The Bertz CT molecular complexity index is 1460. The summed E-state index contributed by atoms with van der Waals surface area (Å²) in [7, 11) is 0. The Balaban J connectivity index is 1.21. The molecule has 7 heteroatoms. The normalized spacial score (nSPS) is 14.6. The van der Waals surface area contributed by atoms with E-state index in [0.29, 0.717) is 47.8 Å². The third-order valence-corrected chi connectivity index (χ3v) is 7.16. The summed E-state index contributed by atoms with van der Waals surface area (Å²) < 4.78 is 15.7. The molecule has 4 aromatic rings. The average molecular weight is 499 g/mol. The Hall–Kier alpha value is -3.84. The van der Waals surface area contributed by atoms with Crippen molar-refractivity contribution in [1.29, 1.82) is 0 Å². The topological polar surface area (TPSA) is 67.2 Å². The van der Waals surface area contributed by atoms with Crippen molar-refractivity contribution in [3.63, 3.8) is 0 Å². The summed E-state index contributed by atoms with van der Waals surface area (Å²) in [6.45, 7) is 5.13. The van der Waals surface area contributed by atoms with Gasteiger partial charge in [-0.15, -0.1) is 0 Å². The second-order valence-electron chi connectivity index (χ2n) is 9.80. The Kier molecular flexibility index (Phi) is 7.42. The lowest BCUT2D eigenvalue weighted by Crippen LogP contribution is -2.38. The molecule has 190 valence electrons. The summed E-state index contributed by atoms with van der Waals surface area (Å²) in [6.07, 6.45) is 1.91. The Morgan fingerprint density at radius 1 is 1.00 bits per heavy atom. The van der Waals surface area contributed by atoms with Crippen LogP contribution in [0.15, 0.2) is 77.6 Å². The van der Waals surface area contributed by atoms with Crippen molar-refractivity contribution in [2.45, 2.75) is 32.9 Å². The summed E-state index contributed by atoms with van der Waals surface area (Å²) >= 11 is 0. The van der Waals surface area contributed by atoms with Gasteiger partial charge in [0.05, 0.1) is 17.6 Å². The number of hydrogen-bond donors (Lipinski definition) is 1. The zero-order chi connectivity index (χ0) is 25.8. The third kappa shape index (κ3) is 5.78. The van der Waals surface area contributed by atoms with Crippen LogP contribution in [0, 0.1) is 18.7 Å². The summed E-state index contributed by atoms with van der Waals surface area (Å²) in [5, 5.41) is 3.07. The molecular formula is C30H31FN4O2. The molecule has 37 heavy (non-hydrogen) atoms. The molecule has 1 aliphatic heterocycles. The van der Waals surface area contributed by atoms with Crippen LogP contribution >= 0.6 is 0 Å². The number of piperidine rings is 1. The van der Waals surface area contributed by atoms with Gasteiger partial charge in [-0.2, -0.15) is 0 Å². The van der Waals surface area contributed by atoms with Gasteiger partial charge in [-0.25, -0.2) is 9.37 Å². The van der Waals surface area contributed by atoms with E-state index in [1.54, 1.807) is 29.7 Å². The first kappa shape index (κ1) is 24.8. The summed E-state index contributed by atoms with van der Waals surface area (Å²) in [4.78, 5) is 32.5. The van der Waals surface area contributed by atoms with Crippen molar-refractivity contribution in [3.05, 3.63) is 111 Å². The van der Waals surface area contributed by atoms with Crippen LogP contribution in [0.4, 0.5) is 4.39 Å². The van der Waals surface area contributed by atoms with Crippen LogP contribution in [0.2, 0.25) is 0 Å². The highest BCUT2D eigenvalue weighted by molar-refractivity contribution is 5.97. The lowest BCUT2D eigenvalue weighted by Gasteiger charge is -2.32. The number of hydrogen-bond acceptors (Lipinski definition) is 4. The molecule has 0 spiro atoms. The van der Waals surface area contributed by atoms with Gasteiger partial charge in [0.15, 0.2) is 0 Å². The Morgan fingerprint density at radius 2 is 1.73 bits per heavy atom. The first-order valence-corrected chi connectivity index (χ1v) is 12.8. The summed E-state index contributed by atoms with van der Waals surface area (Å²) in [5.74, 6) is 0.0858. The third-order valence-electron chi connectivity index (χ3n) is 7.16. The fraction of sp³-hybridized carbons (Fsp3) is 0.300. The molecule has 6 nitrogen and oxygen atoms in total. The highest BCUT2D eigenvalue weighted by atomic mass is 19.1. The highest BCUT2D eigenvalue weighted by Gasteiger charge is 2.21. The largest absolute Gasteiger partial charge is 0.352 e. The smallest absolute Gasteiger partial charge is 0.272 e. The van der Waals surface area contributed by atoms with Crippen LogP contribution < -0.4 is 10.9 Å². The molecule has 1 saturated heterocycles. The van der Waals surface area contributed by atoms with E-state index in [1.807, 2.05) is 48.5 Å². The van der Waals surface area contributed by atoms with E-state index in [-0.39, 0.29) is 17.3 Å². The van der Waals surface area contributed by atoms with Gasteiger partial charge in [0, 0.05) is 24.2 Å². The fourth-order valence-electron chi connectivity index (χ4n) is 4.99. The van der Waals surface area contributed by atoms with Gasteiger partial charge in [0.2, 0.25) is 0 Å². The number of nitrogens with one attached hydrogen (secondary N) is 1. The molecule has 0 saturated carbocycles. The molecular weight excluding hydrogens is 467 g/mol. The first-order valence-electron chi connectivity index (χ1n) is 12.8. The number of benzene rings is 3. The zero-order valence-corrected chi connectivity index (χ0v) is 21.0. The molecule has 1 aliphatic rings. The molecule has 1 N–H and O–H groups in total. The van der Waals surface area contributed by atoms with E-state index in [0.717, 1.165) is 37.1 Å². The fourth-order valence-corrected chi connectivity index (χ4v) is 4.99. The molecule has 2 heterocycles. The Morgan fingerprint density at radius 3 is 2.49 bits per heavy atom. The summed E-state index contributed by atoms with van der Waals surface area (Å²) in [5.41, 5.74) is 3.89. The van der Waals surface area contributed by atoms with Gasteiger partial charge >= 0.3 is 0 Å². The van der Waals surface area contributed by atoms with E-state index >= 15 is 0 Å². The lowest BCUT2D eigenvalue weighted by molar-refractivity contribution is 0.0935. The number of aryl methyl sites for hydroxylation is 1. The number of halogens is 1. The van der Waals surface area contributed by atoms with Gasteiger partial charge in [-0.3, -0.25) is 14.5 Å². The van der Waals surface area contributed by atoms with Gasteiger partial charge in [0.1, 0.15) is 11.5 Å². The maximum absolute atomic E-state index is 14.0. The number of amides is 1. The molecule has 0 atom stereocenters. The minimum absolute atomic E-state index is 0.130. The van der Waals surface area contributed by atoms with Gasteiger partial charge in [-0.1, -0.05) is 48.5 Å². The number of carbonyl (C=O) groups excluding carboxylic acids is 1. The van der Waals surface area contributed by atoms with Gasteiger partial charge in [0.25, 0.3) is 11.5 Å². The number of rotatable bonds is 7. The van der Waals surface area contributed by atoms with Crippen LogP contribution in [-0.4, -0.2) is 40.0 Å². The van der Waals surface area contributed by atoms with E-state index in [4.69, 9.17) is 0 Å². The van der Waals surface area contributed by atoms with Crippen LogP contribution in [0.3, 0.4) is 0 Å². The second-order valence-corrected chi connectivity index (χ2v) is 9.80. The van der Waals surface area contributed by atoms with E-state index in [9.17, 15) is 14.0 Å². The predicted octanol–water partition coefficient (Wildman–Crippen LogP) is 4.53. The predicted molar refractivity (Wildman–Crippen MR) is 143 cm³/mol. The molecule has 0 aliphatic carbocycles. The standard InChI is InChI=1S/C30H31FN4O2/c1-21-30(37)35(19-23-7-3-2-4-8-23)28-12-11-24(17-27(28)33-21)29(36)32-18-22-13-15-34(16-14-22)20-25-9-5-6-10-26(25)31/h2-12,17,22H,13-16,18-20H2,1H3,(H,32,36). The van der Waals surface area contributed by atoms with Crippen molar-refractivity contribution in [1.82, 2.24) is 19.8 Å². The van der Waals surface area contributed by atoms with Crippen LogP contribution in [0.5, 0.6) is 0 Å². The minimum Gasteiger partial charge on any atom is -0.352 e. The Labute approximate surface area is 215 Å². The number of carbonyl (C=O) groups is 1. The molecule has 1 aromatic heterocycles. The van der Waals surface area contributed by atoms with Crippen LogP contribution in [-0.2, 0) is 13.1 Å². The maximum Gasteiger partial charge on any atom is 0.272 e. The first-order chi connectivity index (χ1) is 18.0. The SMILES string of the molecule is Cc1nc2cc(C(=O)NCC3CCN(Cc4ccccc4F)CC3)ccc2n(Cc2ccccc2)c1=O. The minimum atomic E-state index is -0.158. The van der Waals surface area contributed by atoms with E-state index in [2.05, 4.69) is 15.2 Å². The molecule has 0 radical (unpaired) electrons. The number of aromatic nitrogens is 2. The molecule has 1 fully saturated rings. The average Bonchev–Trinajstić information content (AvgIpc) is 2.92. The van der Waals surface area contributed by atoms with Crippen molar-refractivity contribution in [2.75, 3.05) is 19.6 Å². The molecule has 5 rings (SSSR count). The highest BCUT2D eigenvalue weighted by Crippen LogP contribution is 2.20. The van der Waals surface area contributed by atoms with Gasteiger partial charge < -0.3 is 9.88 Å². The second kappa shape index (κ2) is 11.0. The summed E-state index contributed by atoms with van der Waals surface area (Å²) in [6, 6.07) is 22.1. The lowest BCUT2D eigenvalue weighted by atomic mass is 9.96. The quantitative estimate of drug-likeness (QED) is 0.407. The number of nitrogens with zero attached hydrogens (tertiary/aromatic N) is 3. The van der Waals surface area contributed by atoms with Crippen molar-refractivity contribution < 1.29 is 9.18 Å². The molecule has 0 unspecified atom stereocenters. The van der Waals surface area contributed by atoms with Crippen molar-refractivity contribution >= 4 is 16.9 Å². The monoisotopic (exact) mass is 498 g/mol. The van der Waals surface area contributed by atoms with Crippen LogP contribution in [0.25, 0.3) is 11.0 Å². The van der Waals surface area contributed by atoms with E-state index < -0.39 is 0 Å². The van der Waals surface area contributed by atoms with Crippen LogP contribution in [0.1, 0.15) is 40.0 Å². The number of likely N-dealkylation sites (tertiary alicyclic amines) is 1. The molecule has 0 bridgehead atoms. The molecule has 1 amide bonds. The molecule has 3 aromatic carbocycles. The maximum atomic E-state index is 14.0. The van der Waals surface area contributed by atoms with Crippen molar-refractivity contribution in [2.24, 2.45) is 5.92 Å². The number of fused-ring (bicyclic) bond motifs is 1. The zero-order valence-electron chi connectivity index (χ0n) is 21.0. The van der Waals surface area contributed by atoms with Crippen molar-refractivity contribution in [3.8, 4) is 0 Å². The van der Waals surface area contributed by atoms with Gasteiger partial charge in [-0.05, 0) is 68.6 Å². The van der Waals surface area contributed by atoms with E-state index in [1.165, 1.54) is 6.07 Å².